The largest absolute Gasteiger partial charge is 0.318 e. The summed E-state index contributed by atoms with van der Waals surface area (Å²) in [5.74, 6) is 0. The summed E-state index contributed by atoms with van der Waals surface area (Å²) in [6, 6.07) is 0. The average molecular weight is 198 g/mol. The normalized spacial score (nSPS) is 27.7. The second-order valence-corrected chi connectivity index (χ2v) is 12.8. The van der Waals surface area contributed by atoms with Crippen molar-refractivity contribution in [1.29, 1.82) is 0 Å². The highest BCUT2D eigenvalue weighted by Crippen LogP contribution is 2.36. The van der Waals surface area contributed by atoms with Crippen LogP contribution in [0.25, 0.3) is 0 Å². The van der Waals surface area contributed by atoms with Gasteiger partial charge in [-0.05, 0) is 27.2 Å². The van der Waals surface area contributed by atoms with Crippen LogP contribution in [0.5, 0.6) is 0 Å². The molecule has 1 aliphatic heterocycles. The fraction of sp³-hybridized carbons (Fsp3) is 0.500. The van der Waals surface area contributed by atoms with Gasteiger partial charge in [0.25, 0.3) is 0 Å². The van der Waals surface area contributed by atoms with Crippen molar-refractivity contribution in [1.82, 2.24) is 8.46 Å². The minimum absolute atomic E-state index is 1.25. The van der Waals surface area contributed by atoms with Crippen LogP contribution in [0.3, 0.4) is 0 Å². The molecule has 0 aliphatic carbocycles. The lowest BCUT2D eigenvalue weighted by molar-refractivity contribution is 0.498. The first-order valence-corrected chi connectivity index (χ1v) is 9.13. The summed E-state index contributed by atoms with van der Waals surface area (Å²) in [6.45, 7) is 12.5. The Morgan fingerprint density at radius 2 is 1.33 bits per heavy atom. The van der Waals surface area contributed by atoms with Crippen LogP contribution in [0.4, 0.5) is 0 Å². The van der Waals surface area contributed by atoms with Crippen LogP contribution < -0.4 is 0 Å². The third kappa shape index (κ3) is 0.862. The van der Waals surface area contributed by atoms with Gasteiger partial charge in [-0.25, -0.2) is 0 Å². The number of rotatable bonds is 2. The van der Waals surface area contributed by atoms with Crippen molar-refractivity contribution >= 4 is 16.8 Å². The maximum absolute atomic E-state index is 3.92. The smallest absolute Gasteiger partial charge is 0.245 e. The fourth-order valence-electron chi connectivity index (χ4n) is 1.91. The van der Waals surface area contributed by atoms with Crippen molar-refractivity contribution < 1.29 is 0 Å². The van der Waals surface area contributed by atoms with E-state index >= 15 is 0 Å². The van der Waals surface area contributed by atoms with Gasteiger partial charge < -0.3 is 8.46 Å². The molecule has 1 saturated heterocycles. The molecule has 0 bridgehead atoms. The Hall–Kier alpha value is -0.166. The van der Waals surface area contributed by atoms with E-state index < -0.39 is 16.8 Å². The minimum atomic E-state index is -1.58. The lowest BCUT2D eigenvalue weighted by Gasteiger charge is -2.64. The van der Waals surface area contributed by atoms with Gasteiger partial charge in [-0.15, -0.1) is 13.2 Å². The van der Waals surface area contributed by atoms with E-state index in [4.69, 9.17) is 0 Å². The first kappa shape index (κ1) is 9.92. The molecule has 12 heavy (non-hydrogen) atoms. The lowest BCUT2D eigenvalue weighted by atomic mass is 11.2. The standard InChI is InChI=1S/C8H18N2Si2/c1-7-12(8-2)9(3)11(5,6)10(12)4/h7-8H,1-2H2,3-6H3. The van der Waals surface area contributed by atoms with E-state index in [1.807, 2.05) is 0 Å². The topological polar surface area (TPSA) is 6.48 Å². The monoisotopic (exact) mass is 198 g/mol. The van der Waals surface area contributed by atoms with E-state index in [2.05, 4.69) is 60.2 Å². The van der Waals surface area contributed by atoms with Crippen molar-refractivity contribution in [2.75, 3.05) is 14.1 Å². The summed E-state index contributed by atoms with van der Waals surface area (Å²) in [6.07, 6.45) is 0. The van der Waals surface area contributed by atoms with E-state index in [0.717, 1.165) is 0 Å². The predicted octanol–water partition coefficient (Wildman–Crippen LogP) is 1.46. The average Bonchev–Trinajstić information content (AvgIpc) is 2.07. The highest BCUT2D eigenvalue weighted by molar-refractivity contribution is 7.08. The van der Waals surface area contributed by atoms with Gasteiger partial charge in [0.15, 0.2) is 8.40 Å². The van der Waals surface area contributed by atoms with E-state index in [-0.39, 0.29) is 0 Å². The Balaban J connectivity index is 2.99. The summed E-state index contributed by atoms with van der Waals surface area (Å²) < 4.78 is 5.06. The Morgan fingerprint density at radius 1 is 1.00 bits per heavy atom. The molecule has 0 amide bonds. The molecule has 1 heterocycles. The van der Waals surface area contributed by atoms with E-state index in [0.29, 0.717) is 0 Å². The number of hydrogen-bond donors (Lipinski definition) is 0. The summed E-state index contributed by atoms with van der Waals surface area (Å²) in [7, 11) is 1.59. The number of hydrogen-bond acceptors (Lipinski definition) is 2. The molecule has 0 atom stereocenters. The lowest BCUT2D eigenvalue weighted by Crippen LogP contribution is -2.88. The molecule has 0 aromatic rings. The van der Waals surface area contributed by atoms with Gasteiger partial charge in [-0.2, -0.15) is 0 Å². The summed E-state index contributed by atoms with van der Waals surface area (Å²) in [5.41, 5.74) is 4.19. The van der Waals surface area contributed by atoms with E-state index in [9.17, 15) is 0 Å². The summed E-state index contributed by atoms with van der Waals surface area (Å²) >= 11 is 0. The zero-order valence-electron chi connectivity index (χ0n) is 8.46. The van der Waals surface area contributed by atoms with Crippen LogP contribution in [0, 0.1) is 0 Å². The van der Waals surface area contributed by atoms with Crippen LogP contribution in [-0.4, -0.2) is 39.4 Å². The highest BCUT2D eigenvalue weighted by atomic mass is 28.5. The van der Waals surface area contributed by atoms with Crippen LogP contribution in [-0.2, 0) is 0 Å². The Kier molecular flexibility index (Phi) is 2.20. The maximum Gasteiger partial charge on any atom is 0.245 e. The molecule has 0 radical (unpaired) electrons. The molecular weight excluding hydrogens is 180 g/mol. The van der Waals surface area contributed by atoms with Gasteiger partial charge >= 0.3 is 0 Å². The molecule has 4 heteroatoms. The van der Waals surface area contributed by atoms with Crippen molar-refractivity contribution in [2.45, 2.75) is 13.1 Å². The predicted molar refractivity (Wildman–Crippen MR) is 59.2 cm³/mol. The van der Waals surface area contributed by atoms with Crippen LogP contribution in [0.15, 0.2) is 24.6 Å². The van der Waals surface area contributed by atoms with Crippen LogP contribution in [0.1, 0.15) is 0 Å². The third-order valence-corrected chi connectivity index (χ3v) is 15.4. The maximum atomic E-state index is 3.92. The van der Waals surface area contributed by atoms with Crippen LogP contribution >= 0.6 is 0 Å². The molecule has 0 aromatic carbocycles. The van der Waals surface area contributed by atoms with Crippen molar-refractivity contribution in [3.63, 3.8) is 0 Å². The Bertz CT molecular complexity index is 203. The Morgan fingerprint density at radius 3 is 1.50 bits per heavy atom. The fourth-order valence-corrected chi connectivity index (χ4v) is 13.3. The highest BCUT2D eigenvalue weighted by Gasteiger charge is 2.59. The number of nitrogens with zero attached hydrogens (tertiary/aromatic N) is 2. The molecule has 1 fully saturated rings. The molecule has 1 aliphatic rings. The quantitative estimate of drug-likeness (QED) is 0.620. The van der Waals surface area contributed by atoms with Gasteiger partial charge in [0.05, 0.1) is 0 Å². The molecule has 0 aromatic heterocycles. The first-order chi connectivity index (χ1) is 5.43. The van der Waals surface area contributed by atoms with E-state index in [1.54, 1.807) is 0 Å². The van der Waals surface area contributed by atoms with Gasteiger partial charge in [-0.3, -0.25) is 0 Å². The summed E-state index contributed by atoms with van der Waals surface area (Å²) in [5, 5.41) is 0. The molecule has 0 spiro atoms. The molecular formula is C8H18N2Si2. The zero-order chi connectivity index (χ0) is 9.57. The Labute approximate surface area is 77.5 Å². The SMILES string of the molecule is C=C[Si]1(C=C)N(C)[Si](C)(C)N1C. The van der Waals surface area contributed by atoms with Gasteiger partial charge in [-0.1, -0.05) is 11.4 Å². The third-order valence-electron chi connectivity index (χ3n) is 3.32. The zero-order valence-corrected chi connectivity index (χ0v) is 10.5. The minimum Gasteiger partial charge on any atom is -0.318 e. The molecule has 68 valence electrons. The van der Waals surface area contributed by atoms with Crippen molar-refractivity contribution in [3.8, 4) is 0 Å². The first-order valence-electron chi connectivity index (χ1n) is 4.18. The second kappa shape index (κ2) is 2.66. The second-order valence-electron chi connectivity index (χ2n) is 3.80. The van der Waals surface area contributed by atoms with Gasteiger partial charge in [0.1, 0.15) is 0 Å². The van der Waals surface area contributed by atoms with Gasteiger partial charge in [0.2, 0.25) is 8.40 Å². The van der Waals surface area contributed by atoms with E-state index in [1.165, 1.54) is 0 Å². The molecule has 0 saturated carbocycles. The van der Waals surface area contributed by atoms with Crippen LogP contribution in [0.2, 0.25) is 13.1 Å². The summed E-state index contributed by atoms with van der Waals surface area (Å²) in [4.78, 5) is 0. The molecule has 2 nitrogen and oxygen atoms in total. The van der Waals surface area contributed by atoms with Crippen molar-refractivity contribution in [3.05, 3.63) is 24.6 Å². The molecule has 1 rings (SSSR count). The molecule has 0 unspecified atom stereocenters. The molecule has 0 N–H and O–H groups in total. The van der Waals surface area contributed by atoms with Gasteiger partial charge in [0, 0.05) is 0 Å². The van der Waals surface area contributed by atoms with Crippen molar-refractivity contribution in [2.24, 2.45) is 0 Å².